The second-order valence-electron chi connectivity index (χ2n) is 11.2. The maximum Gasteiger partial charge on any atom is 0.211 e. The fraction of sp³-hybridized carbons (Fsp3) is 0.367. The lowest BCUT2D eigenvalue weighted by Gasteiger charge is -2.43. The summed E-state index contributed by atoms with van der Waals surface area (Å²) in [4.78, 5) is 12.9. The predicted octanol–water partition coefficient (Wildman–Crippen LogP) is 6.16. The van der Waals surface area contributed by atoms with Crippen molar-refractivity contribution in [2.75, 3.05) is 43.0 Å². The average molecular weight is 569 g/mol. The molecule has 0 saturated carbocycles. The third kappa shape index (κ3) is 5.41. The van der Waals surface area contributed by atoms with Gasteiger partial charge in [-0.15, -0.1) is 0 Å². The van der Waals surface area contributed by atoms with Gasteiger partial charge >= 0.3 is 0 Å². The zero-order valence-corrected chi connectivity index (χ0v) is 24.5. The van der Waals surface area contributed by atoms with Crippen LogP contribution in [0.2, 0.25) is 10.0 Å². The minimum absolute atomic E-state index is 0.0797. The molecule has 0 aliphatic carbocycles. The van der Waals surface area contributed by atoms with E-state index in [1.54, 1.807) is 35.3 Å². The van der Waals surface area contributed by atoms with E-state index in [0.29, 0.717) is 27.0 Å². The van der Waals surface area contributed by atoms with Gasteiger partial charge in [0.05, 0.1) is 21.4 Å². The Bertz CT molecular complexity index is 1410. The van der Waals surface area contributed by atoms with Crippen molar-refractivity contribution >= 4 is 34.6 Å². The lowest BCUT2D eigenvalue weighted by atomic mass is 9.99. The summed E-state index contributed by atoms with van der Waals surface area (Å²) in [5, 5.41) is 23.0. The average Bonchev–Trinajstić information content (AvgIpc) is 3.22. The van der Waals surface area contributed by atoms with E-state index in [2.05, 4.69) is 30.6 Å². The van der Waals surface area contributed by atoms with Gasteiger partial charge in [-0.05, 0) is 63.6 Å². The van der Waals surface area contributed by atoms with Crippen LogP contribution in [-0.4, -0.2) is 70.1 Å². The van der Waals surface area contributed by atoms with Crippen LogP contribution in [-0.2, 0) is 0 Å². The highest BCUT2D eigenvalue weighted by molar-refractivity contribution is 6.34. The molecule has 1 saturated heterocycles. The second-order valence-corrected chi connectivity index (χ2v) is 12.0. The molecule has 1 fully saturated rings. The molecule has 0 radical (unpaired) electrons. The summed E-state index contributed by atoms with van der Waals surface area (Å²) >= 11 is 13.3. The first-order chi connectivity index (χ1) is 18.4. The SMILES string of the molecule is Cc1cc(-c2ccc(N3C=CN(C)C3O)c(Cl)c2)c(O)c(-c2ccc(Cl)c(N3CCN(C(C)(C)C)CC3)c2)n1. The Labute approximate surface area is 240 Å². The van der Waals surface area contributed by atoms with E-state index in [9.17, 15) is 10.2 Å². The number of hydrogen-bond donors (Lipinski definition) is 2. The number of aromatic nitrogens is 1. The molecule has 1 atom stereocenters. The number of hydrogen-bond acceptors (Lipinski definition) is 7. The van der Waals surface area contributed by atoms with E-state index in [-0.39, 0.29) is 11.3 Å². The third-order valence-corrected chi connectivity index (χ3v) is 8.14. The van der Waals surface area contributed by atoms with Crippen molar-refractivity contribution < 1.29 is 10.2 Å². The summed E-state index contributed by atoms with van der Waals surface area (Å²) in [7, 11) is 1.79. The molecule has 0 amide bonds. The fourth-order valence-electron chi connectivity index (χ4n) is 5.22. The van der Waals surface area contributed by atoms with Crippen molar-refractivity contribution in [3.05, 3.63) is 70.6 Å². The normalized spacial score (nSPS) is 18.4. The van der Waals surface area contributed by atoms with Crippen LogP contribution in [0.4, 0.5) is 11.4 Å². The molecule has 9 heteroatoms. The van der Waals surface area contributed by atoms with Crippen molar-refractivity contribution in [2.24, 2.45) is 0 Å². The molecule has 206 valence electrons. The number of piperazine rings is 1. The number of rotatable bonds is 4. The van der Waals surface area contributed by atoms with Gasteiger partial charge in [-0.2, -0.15) is 0 Å². The minimum Gasteiger partial charge on any atom is -0.505 e. The first-order valence-corrected chi connectivity index (χ1v) is 13.9. The molecule has 3 aromatic rings. The van der Waals surface area contributed by atoms with Gasteiger partial charge in [0.15, 0.2) is 0 Å². The first kappa shape index (κ1) is 27.6. The summed E-state index contributed by atoms with van der Waals surface area (Å²) in [6.45, 7) is 12.3. The molecule has 0 bridgehead atoms. The maximum absolute atomic E-state index is 11.4. The van der Waals surface area contributed by atoms with Crippen LogP contribution in [0.3, 0.4) is 0 Å². The third-order valence-electron chi connectivity index (χ3n) is 7.52. The zero-order valence-electron chi connectivity index (χ0n) is 23.0. The Morgan fingerprint density at radius 3 is 2.18 bits per heavy atom. The number of pyridine rings is 1. The number of aromatic hydroxyl groups is 1. The van der Waals surface area contributed by atoms with Crippen LogP contribution in [0, 0.1) is 6.92 Å². The molecule has 2 aromatic carbocycles. The van der Waals surface area contributed by atoms with Crippen molar-refractivity contribution in [3.63, 3.8) is 0 Å². The highest BCUT2D eigenvalue weighted by Gasteiger charge is 2.28. The molecular weight excluding hydrogens is 533 g/mol. The van der Waals surface area contributed by atoms with Crippen LogP contribution in [0.1, 0.15) is 26.5 Å². The Morgan fingerprint density at radius 2 is 1.56 bits per heavy atom. The van der Waals surface area contributed by atoms with Gasteiger partial charge in [-0.1, -0.05) is 35.3 Å². The van der Waals surface area contributed by atoms with Crippen molar-refractivity contribution in [1.29, 1.82) is 0 Å². The summed E-state index contributed by atoms with van der Waals surface area (Å²) in [6.07, 6.45) is 2.73. The molecule has 39 heavy (non-hydrogen) atoms. The summed E-state index contributed by atoms with van der Waals surface area (Å²) < 4.78 is 0. The molecule has 2 aliphatic rings. The zero-order chi connectivity index (χ0) is 28.1. The van der Waals surface area contributed by atoms with Crippen molar-refractivity contribution in [1.82, 2.24) is 14.8 Å². The number of anilines is 2. The largest absolute Gasteiger partial charge is 0.505 e. The molecule has 0 spiro atoms. The van der Waals surface area contributed by atoms with Crippen LogP contribution >= 0.6 is 23.2 Å². The smallest absolute Gasteiger partial charge is 0.211 e. The molecule has 1 unspecified atom stereocenters. The quantitative estimate of drug-likeness (QED) is 0.391. The standard InChI is InChI=1S/C30H35Cl2N5O2/c1-19-16-22(20-7-9-25(24(32)17-20)37-15-10-34(5)29(37)39)28(38)27(33-19)21-6-8-23(31)26(18-21)35-11-13-36(14-12-35)30(2,3)4/h6-10,15-18,29,38-39H,11-14H2,1-5H3. The highest BCUT2D eigenvalue weighted by atomic mass is 35.5. The van der Waals surface area contributed by atoms with Crippen LogP contribution < -0.4 is 9.80 Å². The molecule has 2 aliphatic heterocycles. The molecule has 7 nitrogen and oxygen atoms in total. The lowest BCUT2D eigenvalue weighted by molar-refractivity contribution is 0.0729. The van der Waals surface area contributed by atoms with E-state index in [1.807, 2.05) is 43.3 Å². The summed E-state index contributed by atoms with van der Waals surface area (Å²) in [6, 6.07) is 13.2. The van der Waals surface area contributed by atoms with Crippen LogP contribution in [0.15, 0.2) is 54.9 Å². The molecule has 1 aromatic heterocycles. The van der Waals surface area contributed by atoms with Crippen molar-refractivity contribution in [2.45, 2.75) is 39.6 Å². The van der Waals surface area contributed by atoms with Gasteiger partial charge in [0.2, 0.25) is 6.35 Å². The number of benzene rings is 2. The summed E-state index contributed by atoms with van der Waals surface area (Å²) in [5.41, 5.74) is 5.21. The Balaban J connectivity index is 1.47. The van der Waals surface area contributed by atoms with E-state index in [4.69, 9.17) is 28.2 Å². The Kier molecular flexibility index (Phi) is 7.46. The number of nitrogens with zero attached hydrogens (tertiary/aromatic N) is 5. The number of halogens is 2. The van der Waals surface area contributed by atoms with Gasteiger partial charge < -0.3 is 24.9 Å². The Hall–Kier alpha value is -2.97. The van der Waals surface area contributed by atoms with Crippen LogP contribution in [0.5, 0.6) is 5.75 Å². The fourth-order valence-corrected chi connectivity index (χ4v) is 5.74. The van der Waals surface area contributed by atoms with Crippen LogP contribution in [0.25, 0.3) is 22.4 Å². The van der Waals surface area contributed by atoms with E-state index < -0.39 is 6.35 Å². The lowest BCUT2D eigenvalue weighted by Crippen LogP contribution is -2.53. The first-order valence-electron chi connectivity index (χ1n) is 13.1. The van der Waals surface area contributed by atoms with Gasteiger partial charge in [0.25, 0.3) is 0 Å². The maximum atomic E-state index is 11.4. The van der Waals surface area contributed by atoms with Crippen molar-refractivity contribution in [3.8, 4) is 28.1 Å². The topological polar surface area (TPSA) is 66.3 Å². The predicted molar refractivity (Wildman–Crippen MR) is 160 cm³/mol. The monoisotopic (exact) mass is 567 g/mol. The van der Waals surface area contributed by atoms with E-state index in [1.165, 1.54) is 0 Å². The second kappa shape index (κ2) is 10.5. The van der Waals surface area contributed by atoms with Gasteiger partial charge in [0, 0.05) is 68.0 Å². The highest BCUT2D eigenvalue weighted by Crippen LogP contribution is 2.42. The van der Waals surface area contributed by atoms with Gasteiger partial charge in [-0.25, -0.2) is 4.98 Å². The Morgan fingerprint density at radius 1 is 0.872 bits per heavy atom. The number of aliphatic hydroxyl groups excluding tert-OH is 1. The molecule has 2 N–H and O–H groups in total. The molecule has 5 rings (SSSR count). The van der Waals surface area contributed by atoms with Gasteiger partial charge in [-0.3, -0.25) is 4.90 Å². The molecule has 3 heterocycles. The minimum atomic E-state index is -0.827. The van der Waals surface area contributed by atoms with E-state index >= 15 is 0 Å². The number of aliphatic hydroxyl groups is 1. The molecular formula is C30H35Cl2N5O2. The summed E-state index contributed by atoms with van der Waals surface area (Å²) in [5.74, 6) is 0.0797. The van der Waals surface area contributed by atoms with E-state index in [0.717, 1.165) is 48.7 Å². The van der Waals surface area contributed by atoms with Gasteiger partial charge in [0.1, 0.15) is 11.4 Å². The number of aryl methyl sites for hydroxylation is 1.